The fourth-order valence-corrected chi connectivity index (χ4v) is 5.11. The number of amides is 3. The number of rotatable bonds is 6. The smallest absolute Gasteiger partial charge is 0.255 e. The molecule has 2 fully saturated rings. The number of carbonyl (C=O) groups excluding carboxylic acids is 3. The third-order valence-electron chi connectivity index (χ3n) is 7.18. The van der Waals surface area contributed by atoms with Gasteiger partial charge >= 0.3 is 0 Å². The van der Waals surface area contributed by atoms with Crippen LogP contribution in [0.1, 0.15) is 34.3 Å². The molecule has 0 aliphatic carbocycles. The van der Waals surface area contributed by atoms with Crippen molar-refractivity contribution in [1.29, 1.82) is 0 Å². The Labute approximate surface area is 203 Å². The van der Waals surface area contributed by atoms with Gasteiger partial charge in [0.25, 0.3) is 5.91 Å². The number of hydrogen-bond acceptors (Lipinski definition) is 6. The van der Waals surface area contributed by atoms with E-state index in [1.54, 1.807) is 13.2 Å². The topological polar surface area (TPSA) is 82.2 Å². The highest BCUT2D eigenvalue weighted by Gasteiger charge is 2.39. The third kappa shape index (κ3) is 4.73. The van der Waals surface area contributed by atoms with Crippen LogP contribution in [0.5, 0.6) is 5.75 Å². The van der Waals surface area contributed by atoms with E-state index < -0.39 is 17.8 Å². The minimum absolute atomic E-state index is 0.193. The van der Waals surface area contributed by atoms with Crippen LogP contribution in [-0.2, 0) is 22.6 Å². The average molecular weight is 481 g/mol. The number of ether oxygens (including phenoxy) is 1. The van der Waals surface area contributed by atoms with Crippen LogP contribution >= 0.6 is 0 Å². The molecular weight excluding hydrogens is 451 g/mol. The Morgan fingerprint density at radius 2 is 1.80 bits per heavy atom. The Morgan fingerprint density at radius 1 is 1.06 bits per heavy atom. The van der Waals surface area contributed by atoms with Gasteiger partial charge in [-0.05, 0) is 48.2 Å². The van der Waals surface area contributed by atoms with Gasteiger partial charge in [0.2, 0.25) is 11.8 Å². The van der Waals surface area contributed by atoms with E-state index >= 15 is 4.39 Å². The highest BCUT2D eigenvalue weighted by Crippen LogP contribution is 2.33. The van der Waals surface area contributed by atoms with Gasteiger partial charge in [-0.3, -0.25) is 24.6 Å². The minimum Gasteiger partial charge on any atom is -0.497 e. The molecule has 5 rings (SSSR count). The van der Waals surface area contributed by atoms with Crippen LogP contribution in [0.4, 0.5) is 10.1 Å². The molecule has 3 heterocycles. The van der Waals surface area contributed by atoms with E-state index in [9.17, 15) is 14.4 Å². The van der Waals surface area contributed by atoms with E-state index in [0.717, 1.165) is 37.4 Å². The molecule has 9 heteroatoms. The summed E-state index contributed by atoms with van der Waals surface area (Å²) in [5.41, 5.74) is 2.77. The number of methoxy groups -OCH3 is 1. The van der Waals surface area contributed by atoms with Crippen molar-refractivity contribution < 1.29 is 23.5 Å². The number of piperazine rings is 1. The zero-order chi connectivity index (χ0) is 24.5. The van der Waals surface area contributed by atoms with Gasteiger partial charge in [-0.25, -0.2) is 4.39 Å². The van der Waals surface area contributed by atoms with Crippen LogP contribution in [0.15, 0.2) is 36.4 Å². The van der Waals surface area contributed by atoms with Crippen molar-refractivity contribution in [3.8, 4) is 5.75 Å². The second-order valence-corrected chi connectivity index (χ2v) is 9.29. The standard InChI is InChI=1S/C26H29FN4O4/c1-35-19-4-2-17(3-5-19)8-9-29-10-12-30(13-11-29)23-14-18-16-31(26(34)20(18)15-21(23)27)22-6-7-24(32)28-25(22)33/h2-5,14-15,22H,6-13,16H2,1H3,(H,28,32,33). The molecule has 0 bridgehead atoms. The van der Waals surface area contributed by atoms with Crippen molar-refractivity contribution in [3.05, 3.63) is 58.9 Å². The number of carbonyl (C=O) groups is 3. The molecular formula is C26H29FN4O4. The van der Waals surface area contributed by atoms with Crippen molar-refractivity contribution >= 4 is 23.4 Å². The molecule has 3 aliphatic rings. The molecule has 2 aromatic carbocycles. The molecule has 0 aromatic heterocycles. The van der Waals surface area contributed by atoms with Crippen molar-refractivity contribution in [1.82, 2.24) is 15.1 Å². The van der Waals surface area contributed by atoms with Crippen molar-refractivity contribution in [2.24, 2.45) is 0 Å². The molecule has 3 amide bonds. The fourth-order valence-electron chi connectivity index (χ4n) is 5.11. The molecule has 0 spiro atoms. The Bertz CT molecular complexity index is 1140. The molecule has 0 radical (unpaired) electrons. The number of imide groups is 1. The van der Waals surface area contributed by atoms with Crippen molar-refractivity contribution in [3.63, 3.8) is 0 Å². The van der Waals surface area contributed by atoms with Gasteiger partial charge in [0.15, 0.2) is 0 Å². The zero-order valence-electron chi connectivity index (χ0n) is 19.8. The third-order valence-corrected chi connectivity index (χ3v) is 7.18. The number of fused-ring (bicyclic) bond motifs is 1. The largest absolute Gasteiger partial charge is 0.497 e. The molecule has 8 nitrogen and oxygen atoms in total. The molecule has 0 saturated carbocycles. The molecule has 1 atom stereocenters. The first-order chi connectivity index (χ1) is 16.9. The van der Waals surface area contributed by atoms with E-state index in [1.165, 1.54) is 16.5 Å². The quantitative estimate of drug-likeness (QED) is 0.637. The van der Waals surface area contributed by atoms with Gasteiger partial charge in [-0.2, -0.15) is 0 Å². The summed E-state index contributed by atoms with van der Waals surface area (Å²) >= 11 is 0. The molecule has 2 saturated heterocycles. The summed E-state index contributed by atoms with van der Waals surface area (Å²) in [4.78, 5) is 42.5. The highest BCUT2D eigenvalue weighted by atomic mass is 19.1. The second kappa shape index (κ2) is 9.65. The maximum absolute atomic E-state index is 15.1. The predicted octanol–water partition coefficient (Wildman–Crippen LogP) is 1.96. The summed E-state index contributed by atoms with van der Waals surface area (Å²) in [6.07, 6.45) is 1.42. The van der Waals surface area contributed by atoms with Gasteiger partial charge < -0.3 is 14.5 Å². The number of piperidine rings is 1. The van der Waals surface area contributed by atoms with E-state index in [1.807, 2.05) is 17.0 Å². The maximum Gasteiger partial charge on any atom is 0.255 e. The lowest BCUT2D eigenvalue weighted by molar-refractivity contribution is -0.136. The SMILES string of the molecule is COc1ccc(CCN2CCN(c3cc4c(cc3F)C(=O)N(C3CCC(=O)NC3=O)C4)CC2)cc1. The lowest BCUT2D eigenvalue weighted by atomic mass is 10.0. The maximum atomic E-state index is 15.1. The molecule has 1 N–H and O–H groups in total. The van der Waals surface area contributed by atoms with Crippen LogP contribution in [0, 0.1) is 5.82 Å². The first-order valence-corrected chi connectivity index (χ1v) is 12.0. The average Bonchev–Trinajstić information content (AvgIpc) is 3.18. The fraction of sp³-hybridized carbons (Fsp3) is 0.423. The predicted molar refractivity (Wildman–Crippen MR) is 128 cm³/mol. The van der Waals surface area contributed by atoms with Crippen LogP contribution in [0.3, 0.4) is 0 Å². The van der Waals surface area contributed by atoms with Gasteiger partial charge in [-0.15, -0.1) is 0 Å². The summed E-state index contributed by atoms with van der Waals surface area (Å²) in [7, 11) is 1.66. The van der Waals surface area contributed by atoms with Crippen LogP contribution < -0.4 is 15.0 Å². The Kier molecular flexibility index (Phi) is 6.42. The zero-order valence-corrected chi connectivity index (χ0v) is 19.8. The van der Waals surface area contributed by atoms with E-state index in [4.69, 9.17) is 4.74 Å². The molecule has 184 valence electrons. The number of anilines is 1. The van der Waals surface area contributed by atoms with E-state index in [2.05, 4.69) is 22.3 Å². The molecule has 2 aromatic rings. The number of nitrogens with zero attached hydrogens (tertiary/aromatic N) is 3. The summed E-state index contributed by atoms with van der Waals surface area (Å²) in [6, 6.07) is 10.4. The van der Waals surface area contributed by atoms with Gasteiger partial charge in [0, 0.05) is 51.3 Å². The van der Waals surface area contributed by atoms with Crippen molar-refractivity contribution in [2.45, 2.75) is 31.8 Å². The first kappa shape index (κ1) is 23.3. The number of benzene rings is 2. The Balaban J connectivity index is 1.20. The summed E-state index contributed by atoms with van der Waals surface area (Å²) in [5.74, 6) is -0.724. The summed E-state index contributed by atoms with van der Waals surface area (Å²) in [5, 5.41) is 2.29. The Hall–Kier alpha value is -3.46. The van der Waals surface area contributed by atoms with Crippen LogP contribution in [0.2, 0.25) is 0 Å². The van der Waals surface area contributed by atoms with Crippen molar-refractivity contribution in [2.75, 3.05) is 44.7 Å². The molecule has 35 heavy (non-hydrogen) atoms. The number of hydrogen-bond donors (Lipinski definition) is 1. The lowest BCUT2D eigenvalue weighted by Gasteiger charge is -2.36. The summed E-state index contributed by atoms with van der Waals surface area (Å²) < 4.78 is 20.3. The lowest BCUT2D eigenvalue weighted by Crippen LogP contribution is -2.52. The number of nitrogens with one attached hydrogen (secondary N) is 1. The normalized spacial score (nSPS) is 20.7. The van der Waals surface area contributed by atoms with Crippen LogP contribution in [0.25, 0.3) is 0 Å². The van der Waals surface area contributed by atoms with Gasteiger partial charge in [0.05, 0.1) is 12.8 Å². The molecule has 3 aliphatic heterocycles. The summed E-state index contributed by atoms with van der Waals surface area (Å²) in [6.45, 7) is 4.23. The van der Waals surface area contributed by atoms with Gasteiger partial charge in [-0.1, -0.05) is 12.1 Å². The second-order valence-electron chi connectivity index (χ2n) is 9.29. The Morgan fingerprint density at radius 3 is 2.49 bits per heavy atom. The van der Waals surface area contributed by atoms with E-state index in [-0.39, 0.29) is 31.2 Å². The highest BCUT2D eigenvalue weighted by molar-refractivity contribution is 6.05. The molecule has 1 unspecified atom stereocenters. The number of halogens is 1. The monoisotopic (exact) mass is 480 g/mol. The van der Waals surface area contributed by atoms with Gasteiger partial charge in [0.1, 0.15) is 17.6 Å². The van der Waals surface area contributed by atoms with E-state index in [0.29, 0.717) is 24.3 Å². The minimum atomic E-state index is -0.701. The van der Waals surface area contributed by atoms with Crippen LogP contribution in [-0.4, -0.2) is 73.4 Å². The first-order valence-electron chi connectivity index (χ1n) is 12.0.